The largest absolute Gasteiger partial charge is 0.378 e. The monoisotopic (exact) mass is 453 g/mol. The predicted octanol–water partition coefficient (Wildman–Crippen LogP) is 5.38. The summed E-state index contributed by atoms with van der Waals surface area (Å²) in [5.74, 6) is 0. The molecule has 0 saturated carbocycles. The van der Waals surface area contributed by atoms with Gasteiger partial charge in [0.25, 0.3) is 0 Å². The molecule has 0 N–H and O–H groups in total. The van der Waals surface area contributed by atoms with Gasteiger partial charge in [-0.05, 0) is 41.5 Å². The fraction of sp³-hybridized carbons (Fsp3) is 0.538. The Morgan fingerprint density at radius 3 is 2.41 bits per heavy atom. The Kier molecular flexibility index (Phi) is 5.97. The van der Waals surface area contributed by atoms with Gasteiger partial charge in [-0.25, -0.2) is 4.98 Å². The molecule has 5 nitrogen and oxygen atoms in total. The van der Waals surface area contributed by atoms with Crippen molar-refractivity contribution in [3.63, 3.8) is 0 Å². The van der Waals surface area contributed by atoms with E-state index >= 15 is 0 Å². The molecular weight excluding hydrogens is 418 g/mol. The van der Waals surface area contributed by atoms with Crippen molar-refractivity contribution in [1.29, 1.82) is 0 Å². The Labute approximate surface area is 195 Å². The third-order valence-electron chi connectivity index (χ3n) is 6.11. The molecule has 1 saturated heterocycles. The zero-order chi connectivity index (χ0) is 23.3. The molecule has 32 heavy (non-hydrogen) atoms. The van der Waals surface area contributed by atoms with Gasteiger partial charge >= 0.3 is 0 Å². The first-order valence-corrected chi connectivity index (χ1v) is 12.2. The minimum absolute atomic E-state index is 0.124. The molecule has 0 amide bonds. The summed E-state index contributed by atoms with van der Waals surface area (Å²) in [6, 6.07) is 8.51. The van der Waals surface area contributed by atoms with Gasteiger partial charge in [0.05, 0.1) is 34.0 Å². The molecule has 2 aliphatic heterocycles. The van der Waals surface area contributed by atoms with Gasteiger partial charge in [-0.3, -0.25) is 4.79 Å². The quantitative estimate of drug-likeness (QED) is 0.497. The molecule has 0 unspecified atom stereocenters. The van der Waals surface area contributed by atoms with E-state index in [0.29, 0.717) is 0 Å². The number of rotatable bonds is 4. The number of hydrogen-bond acceptors (Lipinski definition) is 6. The lowest BCUT2D eigenvalue weighted by molar-refractivity contribution is 0.122. The van der Waals surface area contributed by atoms with Crippen LogP contribution in [0, 0.1) is 5.41 Å². The summed E-state index contributed by atoms with van der Waals surface area (Å²) in [6.45, 7) is 14.4. The van der Waals surface area contributed by atoms with Gasteiger partial charge in [0.2, 0.25) is 5.43 Å². The van der Waals surface area contributed by atoms with E-state index in [-0.39, 0.29) is 16.3 Å². The minimum atomic E-state index is -0.240. The van der Waals surface area contributed by atoms with Crippen LogP contribution in [0.1, 0.15) is 46.6 Å². The van der Waals surface area contributed by atoms with Crippen molar-refractivity contribution in [3.8, 4) is 10.6 Å². The summed E-state index contributed by atoms with van der Waals surface area (Å²) in [4.78, 5) is 24.0. The normalized spacial score (nSPS) is 15.5. The van der Waals surface area contributed by atoms with E-state index in [1.165, 1.54) is 5.69 Å². The number of hydrogen-bond donors (Lipinski definition) is 0. The molecule has 4 rings (SSSR count). The van der Waals surface area contributed by atoms with E-state index in [4.69, 9.17) is 9.72 Å². The molecule has 0 spiro atoms. The maximum atomic E-state index is 13.7. The standard InChI is InChI=1S/C26H35N3O2S/c1-25(2,3)16-26(4,5)18-15-20-24(22(23(18)30)28(6)7)32-21-14-17(8-9-19(21)27-20)29-10-12-31-13-11-29/h8-9,14-15H,10-13,16H2,1-7H3. The highest BCUT2D eigenvalue weighted by molar-refractivity contribution is 7.22. The Morgan fingerprint density at radius 2 is 1.78 bits per heavy atom. The number of nitrogens with zero attached hydrogens (tertiary/aromatic N) is 3. The second-order valence-corrected chi connectivity index (χ2v) is 12.0. The van der Waals surface area contributed by atoms with Crippen LogP contribution < -0.4 is 15.2 Å². The minimum Gasteiger partial charge on any atom is -0.378 e. The Hall–Kier alpha value is -2.18. The van der Waals surface area contributed by atoms with Crippen molar-refractivity contribution < 1.29 is 4.74 Å². The van der Waals surface area contributed by atoms with Gasteiger partial charge in [0.1, 0.15) is 5.69 Å². The zero-order valence-corrected chi connectivity index (χ0v) is 21.2. The summed E-state index contributed by atoms with van der Waals surface area (Å²) in [5.41, 5.74) is 4.68. The topological polar surface area (TPSA) is 45.7 Å². The van der Waals surface area contributed by atoms with Gasteiger partial charge in [-0.1, -0.05) is 34.6 Å². The molecule has 2 heterocycles. The highest BCUT2D eigenvalue weighted by atomic mass is 32.1. The predicted molar refractivity (Wildman–Crippen MR) is 137 cm³/mol. The van der Waals surface area contributed by atoms with E-state index in [2.05, 4.69) is 57.7 Å². The summed E-state index contributed by atoms with van der Waals surface area (Å²) < 4.78 is 6.60. The van der Waals surface area contributed by atoms with E-state index < -0.39 is 0 Å². The average molecular weight is 454 g/mol. The summed E-state index contributed by atoms with van der Waals surface area (Å²) in [6.07, 6.45) is 0.924. The Morgan fingerprint density at radius 1 is 1.09 bits per heavy atom. The Balaban J connectivity index is 1.90. The lowest BCUT2D eigenvalue weighted by atomic mass is 9.72. The van der Waals surface area contributed by atoms with Gasteiger partial charge < -0.3 is 14.5 Å². The van der Waals surface area contributed by atoms with Crippen LogP contribution in [0.5, 0.6) is 0 Å². The van der Waals surface area contributed by atoms with Crippen molar-refractivity contribution in [3.05, 3.63) is 40.1 Å². The first-order valence-electron chi connectivity index (χ1n) is 11.4. The molecular formula is C26H35N3O2S. The lowest BCUT2D eigenvalue weighted by Crippen LogP contribution is -2.36. The van der Waals surface area contributed by atoms with Crippen molar-refractivity contribution in [2.45, 2.75) is 46.5 Å². The molecule has 172 valence electrons. The summed E-state index contributed by atoms with van der Waals surface area (Å²) in [7, 11) is 3.91. The number of morpholine rings is 1. The van der Waals surface area contributed by atoms with Crippen molar-refractivity contribution >= 4 is 32.9 Å². The van der Waals surface area contributed by atoms with Crippen LogP contribution in [0.4, 0.5) is 11.4 Å². The van der Waals surface area contributed by atoms with Gasteiger partial charge in [-0.2, -0.15) is 0 Å². The van der Waals surface area contributed by atoms with E-state index in [1.807, 2.05) is 25.1 Å². The number of fused-ring (bicyclic) bond motifs is 2. The molecule has 0 aromatic heterocycles. The molecule has 0 radical (unpaired) electrons. The highest BCUT2D eigenvalue weighted by Crippen LogP contribution is 2.42. The summed E-state index contributed by atoms with van der Waals surface area (Å²) >= 11 is 1.67. The second-order valence-electron chi connectivity index (χ2n) is 10.9. The third kappa shape index (κ3) is 4.48. The van der Waals surface area contributed by atoms with Crippen LogP contribution in [0.2, 0.25) is 0 Å². The molecule has 0 bridgehead atoms. The van der Waals surface area contributed by atoms with Crippen molar-refractivity contribution in [2.24, 2.45) is 5.41 Å². The van der Waals surface area contributed by atoms with E-state index in [1.54, 1.807) is 11.3 Å². The van der Waals surface area contributed by atoms with E-state index in [0.717, 1.165) is 64.8 Å². The smallest absolute Gasteiger partial charge is 0.207 e. The highest BCUT2D eigenvalue weighted by Gasteiger charge is 2.32. The van der Waals surface area contributed by atoms with Crippen LogP contribution in [-0.4, -0.2) is 45.4 Å². The molecule has 1 fully saturated rings. The van der Waals surface area contributed by atoms with Crippen LogP contribution >= 0.6 is 11.3 Å². The number of aromatic nitrogens is 1. The SMILES string of the molecule is CN(C)c1c2sc3cc(N4CCOCC4)ccc3nc-2cc(C(C)(C)CC(C)(C)C)c1=O. The number of anilines is 2. The maximum absolute atomic E-state index is 13.7. The van der Waals surface area contributed by atoms with Crippen LogP contribution in [0.3, 0.4) is 0 Å². The van der Waals surface area contributed by atoms with Crippen LogP contribution in [-0.2, 0) is 10.2 Å². The summed E-state index contributed by atoms with van der Waals surface area (Å²) in [5, 5.41) is 0. The lowest BCUT2D eigenvalue weighted by Gasteiger charge is -2.33. The van der Waals surface area contributed by atoms with Crippen molar-refractivity contribution in [2.75, 3.05) is 50.2 Å². The van der Waals surface area contributed by atoms with Gasteiger partial charge in [0.15, 0.2) is 0 Å². The molecule has 3 aliphatic rings. The fourth-order valence-electron chi connectivity index (χ4n) is 5.07. The molecule has 0 atom stereocenters. The second kappa shape index (κ2) is 8.31. The number of ether oxygens (including phenoxy) is 1. The molecule has 6 heteroatoms. The number of benzene rings is 2. The maximum Gasteiger partial charge on any atom is 0.207 e. The average Bonchev–Trinajstić information content (AvgIpc) is 2.70. The Bertz CT molecular complexity index is 1150. The van der Waals surface area contributed by atoms with Gasteiger partial charge in [-0.15, -0.1) is 11.3 Å². The fourth-order valence-corrected chi connectivity index (χ4v) is 6.27. The third-order valence-corrected chi connectivity index (χ3v) is 7.26. The van der Waals surface area contributed by atoms with Crippen LogP contribution in [0.15, 0.2) is 29.1 Å². The zero-order valence-electron chi connectivity index (χ0n) is 20.4. The molecule has 1 aromatic carbocycles. The molecule has 1 aliphatic carbocycles. The van der Waals surface area contributed by atoms with Crippen LogP contribution in [0.25, 0.3) is 20.8 Å². The molecule has 1 aromatic rings. The van der Waals surface area contributed by atoms with Gasteiger partial charge in [0, 0.05) is 38.4 Å². The first-order chi connectivity index (χ1) is 15.0. The van der Waals surface area contributed by atoms with Crippen molar-refractivity contribution in [1.82, 2.24) is 4.98 Å². The first kappa shape index (κ1) is 23.0. The van der Waals surface area contributed by atoms with E-state index in [9.17, 15) is 4.79 Å².